The van der Waals surface area contributed by atoms with Gasteiger partial charge < -0.3 is 0 Å². The number of carbonyl (C=O) groups excluding carboxylic acids is 1. The minimum absolute atomic E-state index is 0.543. The maximum atomic E-state index is 12.9. The van der Waals surface area contributed by atoms with Crippen molar-refractivity contribution in [2.24, 2.45) is 53.3 Å². The third-order valence-electron chi connectivity index (χ3n) is 12.0. The Morgan fingerprint density at radius 2 is 0.653 bits per heavy atom. The molecule has 49 heavy (non-hydrogen) atoms. The molecular formula is C47H93IO. The van der Waals surface area contributed by atoms with E-state index in [2.05, 4.69) is 91.8 Å². The molecule has 0 aromatic heterocycles. The van der Waals surface area contributed by atoms with Crippen LogP contribution in [0.1, 0.15) is 236 Å². The van der Waals surface area contributed by atoms with Gasteiger partial charge in [-0.1, -0.05) is 220 Å². The lowest BCUT2D eigenvalue weighted by atomic mass is 9.84. The molecule has 2 heteroatoms. The van der Waals surface area contributed by atoms with Gasteiger partial charge >= 0.3 is 0 Å². The Labute approximate surface area is 325 Å². The first-order valence-electron chi connectivity index (χ1n) is 22.4. The highest BCUT2D eigenvalue weighted by molar-refractivity contribution is 14.1. The second-order valence-corrected chi connectivity index (χ2v) is 20.0. The number of carbonyl (C=O) groups is 1. The van der Waals surface area contributed by atoms with Gasteiger partial charge in [-0.05, 0) is 83.4 Å². The molecule has 0 aliphatic rings. The molecule has 0 bridgehead atoms. The molecule has 0 heterocycles. The lowest BCUT2D eigenvalue weighted by Crippen LogP contribution is -2.12. The van der Waals surface area contributed by atoms with Crippen molar-refractivity contribution in [3.05, 3.63) is 0 Å². The van der Waals surface area contributed by atoms with Crippen LogP contribution >= 0.6 is 22.6 Å². The fourth-order valence-corrected chi connectivity index (χ4v) is 8.64. The minimum Gasteiger partial charge on any atom is -0.300 e. The summed E-state index contributed by atoms with van der Waals surface area (Å²) in [6.45, 7) is 24.3. The van der Waals surface area contributed by atoms with Crippen LogP contribution in [0.3, 0.4) is 0 Å². The van der Waals surface area contributed by atoms with Crippen molar-refractivity contribution in [1.29, 1.82) is 0 Å². The Balaban J connectivity index is 4.40. The van der Waals surface area contributed by atoms with Crippen LogP contribution in [-0.2, 0) is 4.79 Å². The standard InChI is InChI=1S/C47H93IO/c1-38(2)19-13-21-40(5)23-15-25-42(7)27-17-29-44(9)32-34-46(37-47(49)31-11-12-36-48)35-33-45(10)30-18-28-43(8)26-16-24-41(6)22-14-20-39(3)4/h38-46H,11-37H2,1-10H3. The Kier molecular flexibility index (Phi) is 33.3. The van der Waals surface area contributed by atoms with Gasteiger partial charge in [0.1, 0.15) is 5.78 Å². The lowest BCUT2D eigenvalue weighted by molar-refractivity contribution is -0.120. The predicted molar refractivity (Wildman–Crippen MR) is 232 cm³/mol. The van der Waals surface area contributed by atoms with Crippen LogP contribution in [-0.4, -0.2) is 10.2 Å². The van der Waals surface area contributed by atoms with E-state index in [-0.39, 0.29) is 0 Å². The number of hydrogen-bond acceptors (Lipinski definition) is 1. The zero-order valence-electron chi connectivity index (χ0n) is 35.6. The fraction of sp³-hybridized carbons (Fsp3) is 0.979. The molecule has 0 aromatic rings. The molecule has 294 valence electrons. The maximum Gasteiger partial charge on any atom is 0.133 e. The van der Waals surface area contributed by atoms with Crippen molar-refractivity contribution in [3.8, 4) is 0 Å². The molecule has 0 aromatic carbocycles. The molecule has 1 nitrogen and oxygen atoms in total. The summed E-state index contributed by atoms with van der Waals surface area (Å²) in [5, 5.41) is 0. The third kappa shape index (κ3) is 34.0. The number of ketones is 1. The van der Waals surface area contributed by atoms with Crippen molar-refractivity contribution in [2.45, 2.75) is 236 Å². The van der Waals surface area contributed by atoms with E-state index in [0.29, 0.717) is 11.7 Å². The van der Waals surface area contributed by atoms with Gasteiger partial charge in [0.05, 0.1) is 0 Å². The topological polar surface area (TPSA) is 17.1 Å². The Morgan fingerprint density at radius 1 is 0.367 bits per heavy atom. The van der Waals surface area contributed by atoms with Gasteiger partial charge in [-0.25, -0.2) is 0 Å². The van der Waals surface area contributed by atoms with Crippen LogP contribution in [0, 0.1) is 53.3 Å². The van der Waals surface area contributed by atoms with E-state index in [4.69, 9.17) is 0 Å². The van der Waals surface area contributed by atoms with Crippen LogP contribution in [0.15, 0.2) is 0 Å². The summed E-state index contributed by atoms with van der Waals surface area (Å²) >= 11 is 2.45. The fourth-order valence-electron chi connectivity index (χ4n) is 8.10. The molecular weight excluding hydrogens is 707 g/mol. The van der Waals surface area contributed by atoms with Crippen LogP contribution in [0.5, 0.6) is 0 Å². The van der Waals surface area contributed by atoms with Crippen molar-refractivity contribution in [2.75, 3.05) is 4.43 Å². The summed E-state index contributed by atoms with van der Waals surface area (Å²) in [6.07, 6.45) is 34.4. The second kappa shape index (κ2) is 33.0. The maximum absolute atomic E-state index is 12.9. The van der Waals surface area contributed by atoms with E-state index in [9.17, 15) is 4.79 Å². The van der Waals surface area contributed by atoms with Crippen LogP contribution in [0.2, 0.25) is 0 Å². The zero-order valence-corrected chi connectivity index (χ0v) is 37.7. The number of unbranched alkanes of at least 4 members (excludes halogenated alkanes) is 1. The normalized spacial score (nSPS) is 16.5. The molecule has 0 fully saturated rings. The van der Waals surface area contributed by atoms with E-state index in [0.717, 1.165) is 66.6 Å². The molecule has 6 unspecified atom stereocenters. The first-order valence-corrected chi connectivity index (χ1v) is 23.9. The number of alkyl halides is 1. The van der Waals surface area contributed by atoms with Gasteiger partial charge in [-0.2, -0.15) is 0 Å². The van der Waals surface area contributed by atoms with Gasteiger partial charge in [0, 0.05) is 12.8 Å². The molecule has 0 saturated carbocycles. The Bertz CT molecular complexity index is 667. The van der Waals surface area contributed by atoms with Gasteiger partial charge in [0.15, 0.2) is 0 Å². The van der Waals surface area contributed by atoms with E-state index in [1.807, 2.05) is 0 Å². The number of hydrogen-bond donors (Lipinski definition) is 0. The SMILES string of the molecule is CC(C)CCCC(C)CCCC(C)CCCC(C)CCC(CCC(C)CCCC(C)CCCC(C)CCCC(C)C)CC(=O)CCCCI. The second-order valence-electron chi connectivity index (χ2n) is 18.9. The summed E-state index contributed by atoms with van der Waals surface area (Å²) < 4.78 is 1.18. The summed E-state index contributed by atoms with van der Waals surface area (Å²) in [7, 11) is 0. The minimum atomic E-state index is 0.543. The molecule has 0 amide bonds. The summed E-state index contributed by atoms with van der Waals surface area (Å²) in [6, 6.07) is 0. The van der Waals surface area contributed by atoms with Crippen LogP contribution < -0.4 is 0 Å². The zero-order chi connectivity index (χ0) is 36.9. The smallest absolute Gasteiger partial charge is 0.133 e. The largest absolute Gasteiger partial charge is 0.300 e. The van der Waals surface area contributed by atoms with E-state index in [1.165, 1.54) is 152 Å². The van der Waals surface area contributed by atoms with E-state index >= 15 is 0 Å². The van der Waals surface area contributed by atoms with Crippen molar-refractivity contribution >= 4 is 28.4 Å². The highest BCUT2D eigenvalue weighted by Crippen LogP contribution is 2.29. The first kappa shape index (κ1) is 49.4. The molecule has 6 atom stereocenters. The molecule has 0 N–H and O–H groups in total. The van der Waals surface area contributed by atoms with Crippen molar-refractivity contribution < 1.29 is 4.79 Å². The number of halogens is 1. The van der Waals surface area contributed by atoms with Crippen molar-refractivity contribution in [1.82, 2.24) is 0 Å². The number of rotatable bonds is 36. The highest BCUT2D eigenvalue weighted by Gasteiger charge is 2.18. The van der Waals surface area contributed by atoms with E-state index in [1.54, 1.807) is 0 Å². The molecule has 0 aliphatic heterocycles. The Morgan fingerprint density at radius 3 is 0.939 bits per heavy atom. The average molecular weight is 801 g/mol. The van der Waals surface area contributed by atoms with Gasteiger partial charge in [0.2, 0.25) is 0 Å². The van der Waals surface area contributed by atoms with Crippen LogP contribution in [0.4, 0.5) is 0 Å². The van der Waals surface area contributed by atoms with Gasteiger partial charge in [0.25, 0.3) is 0 Å². The average Bonchev–Trinajstić information content (AvgIpc) is 3.02. The predicted octanol–water partition coefficient (Wildman–Crippen LogP) is 16.9. The molecule has 0 radical (unpaired) electrons. The summed E-state index contributed by atoms with van der Waals surface area (Å²) in [5.74, 6) is 8.02. The summed E-state index contributed by atoms with van der Waals surface area (Å²) in [4.78, 5) is 12.9. The monoisotopic (exact) mass is 801 g/mol. The molecule has 0 aliphatic carbocycles. The van der Waals surface area contributed by atoms with Crippen molar-refractivity contribution in [3.63, 3.8) is 0 Å². The molecule has 0 rings (SSSR count). The van der Waals surface area contributed by atoms with E-state index < -0.39 is 0 Å². The molecule has 0 spiro atoms. The summed E-state index contributed by atoms with van der Waals surface area (Å²) in [5.41, 5.74) is 0. The number of Topliss-reactive ketones (excluding diaryl/α,β-unsaturated/α-hetero) is 1. The quantitative estimate of drug-likeness (QED) is 0.0350. The van der Waals surface area contributed by atoms with Gasteiger partial charge in [-0.3, -0.25) is 4.79 Å². The third-order valence-corrected chi connectivity index (χ3v) is 12.8. The lowest BCUT2D eigenvalue weighted by Gasteiger charge is -2.22. The Hall–Kier alpha value is 0.400. The highest BCUT2D eigenvalue weighted by atomic mass is 127. The van der Waals surface area contributed by atoms with Crippen LogP contribution in [0.25, 0.3) is 0 Å². The first-order chi connectivity index (χ1) is 23.3. The van der Waals surface area contributed by atoms with Gasteiger partial charge in [-0.15, -0.1) is 0 Å². The molecule has 0 saturated heterocycles.